The third-order valence-electron chi connectivity index (χ3n) is 3.51. The number of aliphatic carboxylic acids is 1. The molecule has 4 N–H and O–H groups in total. The van der Waals surface area contributed by atoms with Gasteiger partial charge in [-0.1, -0.05) is 42.5 Å². The summed E-state index contributed by atoms with van der Waals surface area (Å²) in [7, 11) is 0. The van der Waals surface area contributed by atoms with Gasteiger partial charge in [0, 0.05) is 16.3 Å². The second-order valence-corrected chi connectivity index (χ2v) is 7.97. The summed E-state index contributed by atoms with van der Waals surface area (Å²) in [5, 5.41) is 11.8. The zero-order valence-electron chi connectivity index (χ0n) is 15.6. The van der Waals surface area contributed by atoms with Crippen molar-refractivity contribution in [2.45, 2.75) is 37.3 Å². The van der Waals surface area contributed by atoms with Crippen LogP contribution >= 0.6 is 11.8 Å². The second-order valence-electron chi connectivity index (χ2n) is 6.94. The molecule has 6 nitrogen and oxygen atoms in total. The predicted molar refractivity (Wildman–Crippen MR) is 108 cm³/mol. The quantitative estimate of drug-likeness (QED) is 0.511. The topological polar surface area (TPSA) is 102 Å². The van der Waals surface area contributed by atoms with E-state index < -0.39 is 23.7 Å². The molecule has 0 fully saturated rings. The van der Waals surface area contributed by atoms with Crippen LogP contribution in [0.5, 0.6) is 0 Å². The number of amides is 1. The van der Waals surface area contributed by atoms with Gasteiger partial charge >= 0.3 is 12.1 Å². The lowest BCUT2D eigenvalue weighted by Gasteiger charge is -2.22. The maximum absolute atomic E-state index is 11.9. The molecule has 7 heteroatoms. The number of nitrogens with one attached hydrogen (secondary N) is 1. The molecule has 0 radical (unpaired) electrons. The molecular formula is C20H24N2O4S. The monoisotopic (exact) mass is 388 g/mol. The number of rotatable bonds is 6. The van der Waals surface area contributed by atoms with Crippen LogP contribution in [-0.4, -0.2) is 34.6 Å². The molecule has 2 aromatic carbocycles. The van der Waals surface area contributed by atoms with Crippen molar-refractivity contribution in [1.82, 2.24) is 5.32 Å². The number of nitrogen functional groups attached to an aromatic ring is 1. The Morgan fingerprint density at radius 2 is 1.81 bits per heavy atom. The minimum atomic E-state index is -1.14. The van der Waals surface area contributed by atoms with E-state index in [1.165, 1.54) is 11.8 Å². The van der Waals surface area contributed by atoms with E-state index in [-0.39, 0.29) is 5.75 Å². The Labute approximate surface area is 163 Å². The number of anilines is 1. The van der Waals surface area contributed by atoms with Crippen LogP contribution in [0.4, 0.5) is 10.5 Å². The highest BCUT2D eigenvalue weighted by Crippen LogP contribution is 2.36. The molecule has 0 bridgehead atoms. The summed E-state index contributed by atoms with van der Waals surface area (Å²) in [6, 6.07) is 14.2. The molecule has 0 aromatic heterocycles. The zero-order valence-corrected chi connectivity index (χ0v) is 16.4. The molecular weight excluding hydrogens is 364 g/mol. The van der Waals surface area contributed by atoms with Crippen LogP contribution in [-0.2, 0) is 9.53 Å². The number of alkyl carbamates (subject to hydrolysis) is 1. The van der Waals surface area contributed by atoms with Gasteiger partial charge in [0.15, 0.2) is 0 Å². The van der Waals surface area contributed by atoms with Crippen LogP contribution in [0, 0.1) is 0 Å². The van der Waals surface area contributed by atoms with Crippen LogP contribution in [0.2, 0.25) is 0 Å². The lowest BCUT2D eigenvalue weighted by molar-refractivity contribution is -0.138. The Bertz CT molecular complexity index is 803. The largest absolute Gasteiger partial charge is 0.480 e. The molecule has 2 aromatic rings. The van der Waals surface area contributed by atoms with Crippen molar-refractivity contribution >= 4 is 29.5 Å². The average molecular weight is 388 g/mol. The van der Waals surface area contributed by atoms with Gasteiger partial charge in [-0.05, 0) is 38.0 Å². The SMILES string of the molecule is CC(C)(C)OC(=O)N[C@@H](CSc1c(N)cccc1-c1ccccc1)C(=O)O. The van der Waals surface area contributed by atoms with Crippen LogP contribution in [0.25, 0.3) is 11.1 Å². The van der Waals surface area contributed by atoms with Crippen molar-refractivity contribution < 1.29 is 19.4 Å². The highest BCUT2D eigenvalue weighted by Gasteiger charge is 2.24. The van der Waals surface area contributed by atoms with E-state index in [4.69, 9.17) is 10.5 Å². The van der Waals surface area contributed by atoms with Gasteiger partial charge < -0.3 is 20.9 Å². The van der Waals surface area contributed by atoms with Crippen LogP contribution in [0.1, 0.15) is 20.8 Å². The fourth-order valence-corrected chi connectivity index (χ4v) is 3.49. The van der Waals surface area contributed by atoms with Gasteiger partial charge in [0.1, 0.15) is 11.6 Å². The molecule has 0 unspecified atom stereocenters. The Morgan fingerprint density at radius 1 is 1.15 bits per heavy atom. The molecule has 1 atom stereocenters. The lowest BCUT2D eigenvalue weighted by atomic mass is 10.1. The molecule has 0 aliphatic rings. The molecule has 0 saturated heterocycles. The smallest absolute Gasteiger partial charge is 0.408 e. The first-order valence-electron chi connectivity index (χ1n) is 8.46. The van der Waals surface area contributed by atoms with Crippen molar-refractivity contribution in [2.24, 2.45) is 0 Å². The molecule has 2 rings (SSSR count). The second kappa shape index (κ2) is 8.81. The minimum Gasteiger partial charge on any atom is -0.480 e. The summed E-state index contributed by atoms with van der Waals surface area (Å²) in [6.45, 7) is 5.15. The number of ether oxygens (including phenoxy) is 1. The van der Waals surface area contributed by atoms with Gasteiger partial charge in [0.05, 0.1) is 0 Å². The number of carboxylic acids is 1. The number of hydrogen-bond acceptors (Lipinski definition) is 5. The van der Waals surface area contributed by atoms with E-state index in [0.717, 1.165) is 16.0 Å². The Hall–Kier alpha value is -2.67. The molecule has 27 heavy (non-hydrogen) atoms. The first kappa shape index (κ1) is 20.6. The molecule has 0 aliphatic heterocycles. The normalized spacial score (nSPS) is 12.3. The summed E-state index contributed by atoms with van der Waals surface area (Å²) >= 11 is 1.29. The fourth-order valence-electron chi connectivity index (χ4n) is 2.35. The van der Waals surface area contributed by atoms with E-state index in [9.17, 15) is 14.7 Å². The van der Waals surface area contributed by atoms with Crippen molar-refractivity contribution in [2.75, 3.05) is 11.5 Å². The summed E-state index contributed by atoms with van der Waals surface area (Å²) < 4.78 is 5.14. The van der Waals surface area contributed by atoms with E-state index in [2.05, 4.69) is 5.32 Å². The maximum Gasteiger partial charge on any atom is 0.408 e. The summed E-state index contributed by atoms with van der Waals surface area (Å²) in [6.07, 6.45) is -0.764. The molecule has 1 amide bonds. The van der Waals surface area contributed by atoms with E-state index in [1.54, 1.807) is 26.8 Å². The van der Waals surface area contributed by atoms with E-state index >= 15 is 0 Å². The van der Waals surface area contributed by atoms with Gasteiger partial charge in [-0.25, -0.2) is 9.59 Å². The highest BCUT2D eigenvalue weighted by molar-refractivity contribution is 7.99. The Kier molecular flexibility index (Phi) is 6.74. The van der Waals surface area contributed by atoms with Crippen molar-refractivity contribution in [3.8, 4) is 11.1 Å². The number of carbonyl (C=O) groups excluding carboxylic acids is 1. The van der Waals surface area contributed by atoms with Gasteiger partial charge in [-0.3, -0.25) is 0 Å². The van der Waals surface area contributed by atoms with Crippen molar-refractivity contribution in [1.29, 1.82) is 0 Å². The number of thioether (sulfide) groups is 1. The first-order valence-corrected chi connectivity index (χ1v) is 9.45. The molecule has 0 aliphatic carbocycles. The minimum absolute atomic E-state index is 0.114. The number of benzene rings is 2. The van der Waals surface area contributed by atoms with Crippen LogP contribution < -0.4 is 11.1 Å². The van der Waals surface area contributed by atoms with Crippen LogP contribution in [0.15, 0.2) is 53.4 Å². The summed E-state index contributed by atoms with van der Waals surface area (Å²) in [4.78, 5) is 24.2. The maximum atomic E-state index is 11.9. The fraction of sp³-hybridized carbons (Fsp3) is 0.300. The van der Waals surface area contributed by atoms with Gasteiger partial charge in [0.2, 0.25) is 0 Å². The van der Waals surface area contributed by atoms with E-state index in [0.29, 0.717) is 5.69 Å². The molecule has 144 valence electrons. The highest BCUT2D eigenvalue weighted by atomic mass is 32.2. The van der Waals surface area contributed by atoms with Gasteiger partial charge in [0.25, 0.3) is 0 Å². The van der Waals surface area contributed by atoms with Crippen LogP contribution in [0.3, 0.4) is 0 Å². The van der Waals surface area contributed by atoms with Gasteiger partial charge in [-0.2, -0.15) is 0 Å². The lowest BCUT2D eigenvalue weighted by Crippen LogP contribution is -2.44. The molecule has 0 heterocycles. The van der Waals surface area contributed by atoms with Crippen molar-refractivity contribution in [3.05, 3.63) is 48.5 Å². The number of nitrogens with two attached hydrogens (primary N) is 1. The Morgan fingerprint density at radius 3 is 2.41 bits per heavy atom. The zero-order chi connectivity index (χ0) is 20.0. The van der Waals surface area contributed by atoms with E-state index in [1.807, 2.05) is 42.5 Å². The van der Waals surface area contributed by atoms with Gasteiger partial charge in [-0.15, -0.1) is 11.8 Å². The number of carbonyl (C=O) groups is 2. The third-order valence-corrected chi connectivity index (χ3v) is 4.76. The Balaban J connectivity index is 2.16. The number of hydrogen-bond donors (Lipinski definition) is 3. The predicted octanol–water partition coefficient (Wildman–Crippen LogP) is 4.01. The first-order chi connectivity index (χ1) is 12.7. The third kappa shape index (κ3) is 6.21. The molecule has 0 saturated carbocycles. The summed E-state index contributed by atoms with van der Waals surface area (Å²) in [5.74, 6) is -1.02. The average Bonchev–Trinajstić information content (AvgIpc) is 2.58. The summed E-state index contributed by atoms with van der Waals surface area (Å²) in [5.41, 5.74) is 7.88. The number of carboxylic acid groups (broad SMARTS) is 1. The standard InChI is InChI=1S/C20H24N2O4S/c1-20(2,3)26-19(25)22-16(18(23)24)12-27-17-14(10-7-11-15(17)21)13-8-5-4-6-9-13/h4-11,16H,12,21H2,1-3H3,(H,22,25)(H,23,24)/t16-/m0/s1. The molecule has 0 spiro atoms. The van der Waals surface area contributed by atoms with Crippen molar-refractivity contribution in [3.63, 3.8) is 0 Å².